The van der Waals surface area contributed by atoms with E-state index in [1.807, 2.05) is 0 Å². The maximum atomic E-state index is 5.45. The zero-order valence-electron chi connectivity index (χ0n) is 17.3. The lowest BCUT2D eigenvalue weighted by molar-refractivity contribution is 0.0326. The third kappa shape index (κ3) is 4.62. The Balaban J connectivity index is 1.38. The van der Waals surface area contributed by atoms with Crippen LogP contribution in [0, 0.1) is 0 Å². The van der Waals surface area contributed by atoms with Crippen molar-refractivity contribution in [3.8, 4) is 0 Å². The largest absolute Gasteiger partial charge is 0.379 e. The maximum Gasteiger partial charge on any atom is 0.146 e. The number of aromatic nitrogens is 3. The van der Waals surface area contributed by atoms with Crippen LogP contribution in [-0.2, 0) is 31.3 Å². The lowest BCUT2D eigenvalue weighted by Gasteiger charge is -2.32. The zero-order valence-corrected chi connectivity index (χ0v) is 17.3. The van der Waals surface area contributed by atoms with Crippen LogP contribution in [0.3, 0.4) is 0 Å². The Labute approximate surface area is 168 Å². The molecule has 2 aromatic rings. The molecule has 0 amide bonds. The van der Waals surface area contributed by atoms with Gasteiger partial charge in [-0.15, -0.1) is 10.2 Å². The summed E-state index contributed by atoms with van der Waals surface area (Å²) in [5.74, 6) is 2.69. The average Bonchev–Trinajstić information content (AvgIpc) is 3.10. The Morgan fingerprint density at radius 2 is 1.71 bits per heavy atom. The minimum atomic E-state index is 0.472. The highest BCUT2D eigenvalue weighted by atomic mass is 16.5. The number of aryl methyl sites for hydroxylation is 1. The van der Waals surface area contributed by atoms with Gasteiger partial charge in [0.2, 0.25) is 0 Å². The molecular formula is C22H33N5O. The fourth-order valence-electron chi connectivity index (χ4n) is 4.38. The minimum absolute atomic E-state index is 0.472. The predicted molar refractivity (Wildman–Crippen MR) is 110 cm³/mol. The Hall–Kier alpha value is -1.76. The van der Waals surface area contributed by atoms with Crippen molar-refractivity contribution in [2.24, 2.45) is 7.05 Å². The monoisotopic (exact) mass is 383 g/mol. The molecule has 28 heavy (non-hydrogen) atoms. The first kappa shape index (κ1) is 19.6. The molecule has 4 rings (SSSR count). The molecule has 0 aliphatic carbocycles. The highest BCUT2D eigenvalue weighted by molar-refractivity contribution is 5.22. The molecule has 152 valence electrons. The molecule has 0 bridgehead atoms. The molecule has 6 nitrogen and oxygen atoms in total. The fraction of sp³-hybridized carbons (Fsp3) is 0.636. The Bertz CT molecular complexity index is 751. The normalized spacial score (nSPS) is 21.9. The van der Waals surface area contributed by atoms with Crippen LogP contribution in [0.15, 0.2) is 24.3 Å². The summed E-state index contributed by atoms with van der Waals surface area (Å²) in [5.41, 5.74) is 2.82. The molecule has 0 spiro atoms. The van der Waals surface area contributed by atoms with Crippen LogP contribution in [0.1, 0.15) is 48.5 Å². The van der Waals surface area contributed by atoms with Crippen LogP contribution < -0.4 is 0 Å². The van der Waals surface area contributed by atoms with E-state index < -0.39 is 0 Å². The van der Waals surface area contributed by atoms with Crippen molar-refractivity contribution in [1.29, 1.82) is 0 Å². The molecule has 2 aliphatic heterocycles. The van der Waals surface area contributed by atoms with Gasteiger partial charge in [-0.25, -0.2) is 0 Å². The third-order valence-corrected chi connectivity index (χ3v) is 6.18. The predicted octanol–water partition coefficient (Wildman–Crippen LogP) is 2.59. The van der Waals surface area contributed by atoms with Gasteiger partial charge < -0.3 is 9.30 Å². The van der Waals surface area contributed by atoms with Gasteiger partial charge in [-0.2, -0.15) is 0 Å². The van der Waals surface area contributed by atoms with Crippen LogP contribution in [0.5, 0.6) is 0 Å². The van der Waals surface area contributed by atoms with Gasteiger partial charge >= 0.3 is 0 Å². The number of hydrogen-bond donors (Lipinski definition) is 0. The highest BCUT2D eigenvalue weighted by Gasteiger charge is 2.26. The summed E-state index contributed by atoms with van der Waals surface area (Å²) in [6.45, 7) is 9.95. The van der Waals surface area contributed by atoms with E-state index in [0.29, 0.717) is 5.92 Å². The standard InChI is InChI=1S/C22H33N5O/c1-3-18-6-8-19(9-7-18)15-27-10-4-5-20(16-27)22-24-23-21(25(22)2)17-26-11-13-28-14-12-26/h6-9,20H,3-5,10-17H2,1-2H3/t20-/m1/s1. The topological polar surface area (TPSA) is 46.4 Å². The molecule has 0 unspecified atom stereocenters. The second kappa shape index (κ2) is 9.16. The third-order valence-electron chi connectivity index (χ3n) is 6.18. The van der Waals surface area contributed by atoms with Gasteiger partial charge in [0.25, 0.3) is 0 Å². The van der Waals surface area contributed by atoms with Crippen molar-refractivity contribution in [1.82, 2.24) is 24.6 Å². The number of ether oxygens (including phenoxy) is 1. The van der Waals surface area contributed by atoms with Gasteiger partial charge in [0.05, 0.1) is 19.8 Å². The first-order valence-corrected chi connectivity index (χ1v) is 10.7. The first-order chi connectivity index (χ1) is 13.7. The van der Waals surface area contributed by atoms with Gasteiger partial charge in [-0.3, -0.25) is 9.80 Å². The van der Waals surface area contributed by atoms with Crippen molar-refractivity contribution in [3.63, 3.8) is 0 Å². The number of rotatable bonds is 6. The van der Waals surface area contributed by atoms with Gasteiger partial charge in [0, 0.05) is 39.1 Å². The van der Waals surface area contributed by atoms with E-state index in [1.54, 1.807) is 0 Å². The summed E-state index contributed by atoms with van der Waals surface area (Å²) >= 11 is 0. The van der Waals surface area contributed by atoms with E-state index in [2.05, 4.69) is 62.8 Å². The van der Waals surface area contributed by atoms with E-state index >= 15 is 0 Å². The lowest BCUT2D eigenvalue weighted by Crippen LogP contribution is -2.36. The average molecular weight is 384 g/mol. The lowest BCUT2D eigenvalue weighted by atomic mass is 9.96. The number of benzene rings is 1. The molecule has 1 aromatic carbocycles. The van der Waals surface area contributed by atoms with Crippen LogP contribution in [0.25, 0.3) is 0 Å². The summed E-state index contributed by atoms with van der Waals surface area (Å²) < 4.78 is 7.69. The summed E-state index contributed by atoms with van der Waals surface area (Å²) in [5, 5.41) is 9.12. The minimum Gasteiger partial charge on any atom is -0.379 e. The molecule has 0 saturated carbocycles. The van der Waals surface area contributed by atoms with E-state index in [9.17, 15) is 0 Å². The zero-order chi connectivity index (χ0) is 19.3. The van der Waals surface area contributed by atoms with Gasteiger partial charge in [0.15, 0.2) is 0 Å². The molecule has 0 radical (unpaired) electrons. The Morgan fingerprint density at radius 1 is 0.964 bits per heavy atom. The van der Waals surface area contributed by atoms with Crippen molar-refractivity contribution in [3.05, 3.63) is 47.0 Å². The summed E-state index contributed by atoms with van der Waals surface area (Å²) in [7, 11) is 2.13. The van der Waals surface area contributed by atoms with E-state index in [1.165, 1.54) is 30.5 Å². The van der Waals surface area contributed by atoms with Gasteiger partial charge in [-0.05, 0) is 36.9 Å². The van der Waals surface area contributed by atoms with Crippen LogP contribution in [0.4, 0.5) is 0 Å². The summed E-state index contributed by atoms with van der Waals surface area (Å²) in [6.07, 6.45) is 3.53. The van der Waals surface area contributed by atoms with Crippen LogP contribution >= 0.6 is 0 Å². The smallest absolute Gasteiger partial charge is 0.146 e. The fourth-order valence-corrected chi connectivity index (χ4v) is 4.38. The number of piperidine rings is 1. The SMILES string of the molecule is CCc1ccc(CN2CCC[C@@H](c3nnc(CN4CCOCC4)n3C)C2)cc1. The highest BCUT2D eigenvalue weighted by Crippen LogP contribution is 2.27. The quantitative estimate of drug-likeness (QED) is 0.767. The molecule has 3 heterocycles. The van der Waals surface area contributed by atoms with Crippen molar-refractivity contribution < 1.29 is 4.74 Å². The summed E-state index contributed by atoms with van der Waals surface area (Å²) in [6, 6.07) is 9.09. The van der Waals surface area contributed by atoms with Crippen LogP contribution in [-0.4, -0.2) is 64.0 Å². The number of hydrogen-bond acceptors (Lipinski definition) is 5. The second-order valence-electron chi connectivity index (χ2n) is 8.17. The van der Waals surface area contributed by atoms with Gasteiger partial charge in [0.1, 0.15) is 11.6 Å². The summed E-state index contributed by atoms with van der Waals surface area (Å²) in [4.78, 5) is 4.98. The molecular weight excluding hydrogens is 350 g/mol. The Kier molecular flexibility index (Phi) is 6.40. The Morgan fingerprint density at radius 3 is 2.46 bits per heavy atom. The molecule has 2 saturated heterocycles. The molecule has 6 heteroatoms. The van der Waals surface area contributed by atoms with Crippen molar-refractivity contribution in [2.45, 2.75) is 45.2 Å². The number of morpholine rings is 1. The number of likely N-dealkylation sites (tertiary alicyclic amines) is 1. The number of nitrogens with zero attached hydrogens (tertiary/aromatic N) is 5. The van der Waals surface area contributed by atoms with Crippen molar-refractivity contribution >= 4 is 0 Å². The maximum absolute atomic E-state index is 5.45. The first-order valence-electron chi connectivity index (χ1n) is 10.7. The van der Waals surface area contributed by atoms with Crippen LogP contribution in [0.2, 0.25) is 0 Å². The van der Waals surface area contributed by atoms with E-state index in [0.717, 1.165) is 64.0 Å². The van der Waals surface area contributed by atoms with E-state index in [4.69, 9.17) is 4.74 Å². The molecule has 1 aromatic heterocycles. The molecule has 2 fully saturated rings. The molecule has 2 aliphatic rings. The molecule has 0 N–H and O–H groups in total. The van der Waals surface area contributed by atoms with Crippen molar-refractivity contribution in [2.75, 3.05) is 39.4 Å². The van der Waals surface area contributed by atoms with E-state index in [-0.39, 0.29) is 0 Å². The van der Waals surface area contributed by atoms with Gasteiger partial charge in [-0.1, -0.05) is 31.2 Å². The second-order valence-corrected chi connectivity index (χ2v) is 8.17. The molecule has 1 atom stereocenters.